The van der Waals surface area contributed by atoms with Gasteiger partial charge < -0.3 is 10.2 Å². The lowest BCUT2D eigenvalue weighted by molar-refractivity contribution is -0.0393. The summed E-state index contributed by atoms with van der Waals surface area (Å²) < 4.78 is 1.86. The molecule has 0 bridgehead atoms. The van der Waals surface area contributed by atoms with Crippen molar-refractivity contribution in [2.45, 2.75) is 44.3 Å². The van der Waals surface area contributed by atoms with E-state index in [2.05, 4.69) is 31.2 Å². The molecule has 4 rings (SSSR count). The second kappa shape index (κ2) is 7.12. The molecule has 1 fully saturated rings. The molecule has 0 aliphatic heterocycles. The van der Waals surface area contributed by atoms with E-state index in [-0.39, 0.29) is 6.10 Å². The van der Waals surface area contributed by atoms with E-state index in [1.807, 2.05) is 35.0 Å². The molecule has 27 heavy (non-hydrogen) atoms. The molecule has 5 heteroatoms. The van der Waals surface area contributed by atoms with Crippen LogP contribution in [-0.2, 0) is 5.60 Å². The fourth-order valence-electron chi connectivity index (χ4n) is 3.65. The van der Waals surface area contributed by atoms with E-state index < -0.39 is 5.60 Å². The molecular formula is C22H23ClN2O2. The fraction of sp³-hybridized carbons (Fsp3) is 0.318. The zero-order chi connectivity index (χ0) is 19.0. The van der Waals surface area contributed by atoms with Crippen molar-refractivity contribution in [3.8, 4) is 16.9 Å². The van der Waals surface area contributed by atoms with Crippen LogP contribution in [0.15, 0.2) is 54.6 Å². The van der Waals surface area contributed by atoms with E-state index in [4.69, 9.17) is 16.7 Å². The number of halogens is 1. The number of rotatable bonds is 3. The van der Waals surface area contributed by atoms with E-state index in [9.17, 15) is 10.2 Å². The molecule has 3 aromatic rings. The summed E-state index contributed by atoms with van der Waals surface area (Å²) in [6, 6.07) is 17.8. The predicted octanol–water partition coefficient (Wildman–Crippen LogP) is 4.62. The SMILES string of the molecule is Cc1ccc(-c2cc(C3(O)CCC(O)CC3)nn2-c2ccc(Cl)cc2)cc1. The van der Waals surface area contributed by atoms with Crippen LogP contribution in [0.3, 0.4) is 0 Å². The van der Waals surface area contributed by atoms with Crippen molar-refractivity contribution in [3.63, 3.8) is 0 Å². The Morgan fingerprint density at radius 3 is 2.30 bits per heavy atom. The lowest BCUT2D eigenvalue weighted by Crippen LogP contribution is -2.33. The molecule has 4 nitrogen and oxygen atoms in total. The smallest absolute Gasteiger partial charge is 0.109 e. The van der Waals surface area contributed by atoms with Gasteiger partial charge in [-0.3, -0.25) is 0 Å². The van der Waals surface area contributed by atoms with E-state index in [0.717, 1.165) is 16.9 Å². The predicted molar refractivity (Wildman–Crippen MR) is 107 cm³/mol. The number of aliphatic hydroxyl groups excluding tert-OH is 1. The number of aliphatic hydroxyl groups is 2. The van der Waals surface area contributed by atoms with E-state index in [0.29, 0.717) is 36.4 Å². The number of aromatic nitrogens is 2. The number of hydrogen-bond acceptors (Lipinski definition) is 3. The van der Waals surface area contributed by atoms with Crippen LogP contribution in [0, 0.1) is 6.92 Å². The minimum atomic E-state index is -1.00. The van der Waals surface area contributed by atoms with Crippen molar-refractivity contribution in [3.05, 3.63) is 70.9 Å². The Labute approximate surface area is 164 Å². The molecule has 0 radical (unpaired) electrons. The molecule has 1 aromatic heterocycles. The van der Waals surface area contributed by atoms with Gasteiger partial charge in [0.1, 0.15) is 5.60 Å². The van der Waals surface area contributed by atoms with Crippen LogP contribution in [0.5, 0.6) is 0 Å². The van der Waals surface area contributed by atoms with Crippen molar-refractivity contribution < 1.29 is 10.2 Å². The summed E-state index contributed by atoms with van der Waals surface area (Å²) in [4.78, 5) is 0. The maximum atomic E-state index is 11.2. The van der Waals surface area contributed by atoms with Gasteiger partial charge in [0, 0.05) is 10.6 Å². The fourth-order valence-corrected chi connectivity index (χ4v) is 3.78. The van der Waals surface area contributed by atoms with E-state index >= 15 is 0 Å². The number of nitrogens with zero attached hydrogens (tertiary/aromatic N) is 2. The highest BCUT2D eigenvalue weighted by molar-refractivity contribution is 6.30. The lowest BCUT2D eigenvalue weighted by atomic mass is 9.81. The Hall–Kier alpha value is -2.14. The molecule has 0 atom stereocenters. The van der Waals surface area contributed by atoms with Crippen molar-refractivity contribution in [2.75, 3.05) is 0 Å². The number of hydrogen-bond donors (Lipinski definition) is 2. The van der Waals surface area contributed by atoms with Gasteiger partial charge in [-0.05, 0) is 62.9 Å². The van der Waals surface area contributed by atoms with Crippen LogP contribution >= 0.6 is 11.6 Å². The molecule has 0 spiro atoms. The second-order valence-electron chi connectivity index (χ2n) is 7.43. The van der Waals surface area contributed by atoms with Gasteiger partial charge in [-0.25, -0.2) is 4.68 Å². The third kappa shape index (κ3) is 3.65. The third-order valence-electron chi connectivity index (χ3n) is 5.39. The maximum Gasteiger partial charge on any atom is 0.109 e. The standard InChI is InChI=1S/C22H23ClN2O2/c1-15-2-4-16(5-3-15)20-14-21(22(27)12-10-19(26)11-13-22)24-25(20)18-8-6-17(23)7-9-18/h2-9,14,19,26-27H,10-13H2,1H3. The normalized spacial score (nSPS) is 22.7. The molecule has 1 aliphatic carbocycles. The van der Waals surface area contributed by atoms with Crippen LogP contribution in [-0.4, -0.2) is 26.1 Å². The Morgan fingerprint density at radius 2 is 1.67 bits per heavy atom. The van der Waals surface area contributed by atoms with Crippen LogP contribution in [0.1, 0.15) is 36.9 Å². The molecule has 0 unspecified atom stereocenters. The Kier molecular flexibility index (Phi) is 4.81. The molecule has 1 aliphatic rings. The van der Waals surface area contributed by atoms with Crippen LogP contribution in [0.4, 0.5) is 0 Å². The van der Waals surface area contributed by atoms with Gasteiger partial charge >= 0.3 is 0 Å². The molecule has 2 aromatic carbocycles. The maximum absolute atomic E-state index is 11.2. The lowest BCUT2D eigenvalue weighted by Gasteiger charge is -2.32. The minimum Gasteiger partial charge on any atom is -0.393 e. The highest BCUT2D eigenvalue weighted by Crippen LogP contribution is 2.38. The molecule has 1 saturated carbocycles. The topological polar surface area (TPSA) is 58.3 Å². The van der Waals surface area contributed by atoms with Crippen molar-refractivity contribution >= 4 is 11.6 Å². The first kappa shape index (κ1) is 18.2. The highest BCUT2D eigenvalue weighted by Gasteiger charge is 2.37. The summed E-state index contributed by atoms with van der Waals surface area (Å²) >= 11 is 6.04. The zero-order valence-electron chi connectivity index (χ0n) is 15.3. The Morgan fingerprint density at radius 1 is 1.04 bits per heavy atom. The first-order valence-corrected chi connectivity index (χ1v) is 9.66. The quantitative estimate of drug-likeness (QED) is 0.694. The summed E-state index contributed by atoms with van der Waals surface area (Å²) in [5.41, 5.74) is 3.69. The monoisotopic (exact) mass is 382 g/mol. The third-order valence-corrected chi connectivity index (χ3v) is 5.64. The molecule has 2 N–H and O–H groups in total. The summed E-state index contributed by atoms with van der Waals surface area (Å²) in [6.45, 7) is 2.06. The Balaban J connectivity index is 1.82. The Bertz CT molecular complexity index is 861. The van der Waals surface area contributed by atoms with Crippen LogP contribution < -0.4 is 0 Å². The first-order chi connectivity index (χ1) is 12.9. The van der Waals surface area contributed by atoms with Crippen molar-refractivity contribution in [2.24, 2.45) is 0 Å². The minimum absolute atomic E-state index is 0.333. The number of aryl methyl sites for hydroxylation is 1. The average Bonchev–Trinajstić information content (AvgIpc) is 3.12. The molecular weight excluding hydrogens is 360 g/mol. The largest absolute Gasteiger partial charge is 0.393 e. The van der Waals surface area contributed by atoms with Gasteiger partial charge in [0.25, 0.3) is 0 Å². The van der Waals surface area contributed by atoms with E-state index in [1.165, 1.54) is 5.56 Å². The zero-order valence-corrected chi connectivity index (χ0v) is 16.0. The summed E-state index contributed by atoms with van der Waals surface area (Å²) in [6.07, 6.45) is 1.87. The molecule has 0 saturated heterocycles. The van der Waals surface area contributed by atoms with Crippen molar-refractivity contribution in [1.82, 2.24) is 9.78 Å². The molecule has 0 amide bonds. The highest BCUT2D eigenvalue weighted by atomic mass is 35.5. The second-order valence-corrected chi connectivity index (χ2v) is 7.87. The molecule has 140 valence electrons. The summed E-state index contributed by atoms with van der Waals surface area (Å²) in [5.74, 6) is 0. The average molecular weight is 383 g/mol. The van der Waals surface area contributed by atoms with Crippen molar-refractivity contribution in [1.29, 1.82) is 0 Å². The summed E-state index contributed by atoms with van der Waals surface area (Å²) in [7, 11) is 0. The number of benzene rings is 2. The first-order valence-electron chi connectivity index (χ1n) is 9.29. The molecule has 1 heterocycles. The van der Waals surface area contributed by atoms with Gasteiger partial charge in [-0.2, -0.15) is 5.10 Å². The summed E-state index contributed by atoms with van der Waals surface area (Å²) in [5, 5.41) is 26.4. The van der Waals surface area contributed by atoms with Gasteiger partial charge in [0.2, 0.25) is 0 Å². The van der Waals surface area contributed by atoms with Gasteiger partial charge in [-0.15, -0.1) is 0 Å². The van der Waals surface area contributed by atoms with Gasteiger partial charge in [0.05, 0.1) is 23.2 Å². The van der Waals surface area contributed by atoms with Crippen LogP contribution in [0.25, 0.3) is 16.9 Å². The van der Waals surface area contributed by atoms with E-state index in [1.54, 1.807) is 0 Å². The van der Waals surface area contributed by atoms with Gasteiger partial charge in [-0.1, -0.05) is 41.4 Å². The van der Waals surface area contributed by atoms with Gasteiger partial charge in [0.15, 0.2) is 0 Å². The van der Waals surface area contributed by atoms with Crippen LogP contribution in [0.2, 0.25) is 5.02 Å².